The number of oxazole rings is 1. The third-order valence-electron chi connectivity index (χ3n) is 3.80. The summed E-state index contributed by atoms with van der Waals surface area (Å²) in [5.74, 6) is 0.833. The van der Waals surface area contributed by atoms with E-state index in [1.165, 1.54) is 16.8 Å². The van der Waals surface area contributed by atoms with Crippen molar-refractivity contribution in [3.05, 3.63) is 23.1 Å². The van der Waals surface area contributed by atoms with Gasteiger partial charge in [0.25, 0.3) is 0 Å². The number of hydrogen-bond acceptors (Lipinski definition) is 4. The van der Waals surface area contributed by atoms with Gasteiger partial charge in [-0.05, 0) is 25.0 Å². The van der Waals surface area contributed by atoms with E-state index < -0.39 is 0 Å². The van der Waals surface area contributed by atoms with E-state index in [9.17, 15) is 0 Å². The largest absolute Gasteiger partial charge is 0.438 e. The van der Waals surface area contributed by atoms with E-state index in [1.54, 1.807) is 0 Å². The van der Waals surface area contributed by atoms with Gasteiger partial charge in [0.15, 0.2) is 11.5 Å². The molecule has 1 aromatic carbocycles. The molecule has 0 saturated carbocycles. The van der Waals surface area contributed by atoms with Gasteiger partial charge in [-0.25, -0.2) is 4.98 Å². The van der Waals surface area contributed by atoms with Crippen LogP contribution in [-0.2, 0) is 6.42 Å². The zero-order chi connectivity index (χ0) is 13.4. The first-order valence-electron chi connectivity index (χ1n) is 7.06. The van der Waals surface area contributed by atoms with Crippen LogP contribution < -0.4 is 10.2 Å². The molecule has 1 N–H and O–H groups in total. The molecule has 102 valence electrons. The molecule has 0 aliphatic carbocycles. The third-order valence-corrected chi connectivity index (χ3v) is 3.80. The Bertz CT molecular complexity index is 597. The molecule has 1 aliphatic rings. The molecule has 0 spiro atoms. The number of aromatic nitrogens is 1. The smallest absolute Gasteiger partial charge is 0.195 e. The van der Waals surface area contributed by atoms with Crippen LogP contribution in [-0.4, -0.2) is 31.2 Å². The van der Waals surface area contributed by atoms with Crippen molar-refractivity contribution in [1.82, 2.24) is 10.3 Å². The van der Waals surface area contributed by atoms with Crippen LogP contribution in [0.5, 0.6) is 0 Å². The fraction of sp³-hybridized carbons (Fsp3) is 0.533. The molecular weight excluding hydrogens is 238 g/mol. The van der Waals surface area contributed by atoms with E-state index in [1.807, 2.05) is 0 Å². The van der Waals surface area contributed by atoms with Gasteiger partial charge in [-0.3, -0.25) is 0 Å². The number of hydrogen-bond donors (Lipinski definition) is 1. The molecule has 0 unspecified atom stereocenters. The van der Waals surface area contributed by atoms with Crippen LogP contribution in [0, 0.1) is 13.8 Å². The molecule has 0 radical (unpaired) electrons. The molecule has 19 heavy (non-hydrogen) atoms. The lowest BCUT2D eigenvalue weighted by molar-refractivity contribution is 0.533. The summed E-state index contributed by atoms with van der Waals surface area (Å²) >= 11 is 0. The minimum atomic E-state index is 0.833. The summed E-state index contributed by atoms with van der Waals surface area (Å²) in [4.78, 5) is 7.03. The lowest BCUT2D eigenvalue weighted by Gasteiger charge is -2.30. The summed E-state index contributed by atoms with van der Waals surface area (Å²) in [5, 5.41) is 3.39. The van der Waals surface area contributed by atoms with Gasteiger partial charge in [0.2, 0.25) is 0 Å². The minimum absolute atomic E-state index is 0.833. The summed E-state index contributed by atoms with van der Waals surface area (Å²) in [6, 6.07) is 2.22. The normalized spacial score (nSPS) is 16.3. The molecule has 1 aliphatic heterocycles. The van der Waals surface area contributed by atoms with Gasteiger partial charge >= 0.3 is 0 Å². The second-order valence-electron chi connectivity index (χ2n) is 5.23. The Morgan fingerprint density at radius 2 is 2.00 bits per heavy atom. The molecular formula is C15H21N3O. The molecule has 0 bridgehead atoms. The van der Waals surface area contributed by atoms with Crippen LogP contribution in [0.3, 0.4) is 0 Å². The van der Waals surface area contributed by atoms with Gasteiger partial charge in [-0.15, -0.1) is 0 Å². The molecule has 4 heteroatoms. The topological polar surface area (TPSA) is 41.3 Å². The average Bonchev–Trinajstić information content (AvgIpc) is 2.84. The van der Waals surface area contributed by atoms with Crippen LogP contribution >= 0.6 is 0 Å². The number of fused-ring (bicyclic) bond motifs is 1. The molecule has 3 rings (SSSR count). The van der Waals surface area contributed by atoms with Gasteiger partial charge in [-0.2, -0.15) is 0 Å². The number of anilines is 1. The van der Waals surface area contributed by atoms with Crippen molar-refractivity contribution in [3.63, 3.8) is 0 Å². The number of benzene rings is 1. The highest BCUT2D eigenvalue weighted by atomic mass is 16.3. The summed E-state index contributed by atoms with van der Waals surface area (Å²) < 4.78 is 5.99. The minimum Gasteiger partial charge on any atom is -0.438 e. The highest BCUT2D eigenvalue weighted by Crippen LogP contribution is 2.33. The van der Waals surface area contributed by atoms with E-state index >= 15 is 0 Å². The van der Waals surface area contributed by atoms with E-state index in [4.69, 9.17) is 4.42 Å². The number of aryl methyl sites for hydroxylation is 3. The van der Waals surface area contributed by atoms with Gasteiger partial charge in [0.1, 0.15) is 5.52 Å². The van der Waals surface area contributed by atoms with Crippen molar-refractivity contribution in [1.29, 1.82) is 0 Å². The number of nitrogens with one attached hydrogen (secondary N) is 1. The first kappa shape index (κ1) is 12.5. The van der Waals surface area contributed by atoms with Crippen LogP contribution in [0.1, 0.15) is 23.9 Å². The maximum Gasteiger partial charge on any atom is 0.195 e. The average molecular weight is 259 g/mol. The van der Waals surface area contributed by atoms with E-state index in [0.29, 0.717) is 0 Å². The quantitative estimate of drug-likeness (QED) is 0.899. The second-order valence-corrected chi connectivity index (χ2v) is 5.23. The summed E-state index contributed by atoms with van der Waals surface area (Å²) in [5.41, 5.74) is 5.71. The summed E-state index contributed by atoms with van der Waals surface area (Å²) in [6.07, 6.45) is 0.841. The molecule has 2 heterocycles. The van der Waals surface area contributed by atoms with Gasteiger partial charge in [-0.1, -0.05) is 13.0 Å². The Balaban J connectivity index is 2.18. The summed E-state index contributed by atoms with van der Waals surface area (Å²) in [6.45, 7) is 10.5. The van der Waals surface area contributed by atoms with Crippen LogP contribution in [0.15, 0.2) is 10.5 Å². The predicted octanol–water partition coefficient (Wildman–Crippen LogP) is 2.42. The van der Waals surface area contributed by atoms with Gasteiger partial charge < -0.3 is 14.6 Å². The maximum absolute atomic E-state index is 5.99. The fourth-order valence-electron chi connectivity index (χ4n) is 2.87. The Kier molecular flexibility index (Phi) is 3.19. The molecule has 4 nitrogen and oxygen atoms in total. The molecule has 0 amide bonds. The van der Waals surface area contributed by atoms with Gasteiger partial charge in [0.05, 0.1) is 5.69 Å². The van der Waals surface area contributed by atoms with E-state index in [-0.39, 0.29) is 0 Å². The van der Waals surface area contributed by atoms with Crippen LogP contribution in [0.2, 0.25) is 0 Å². The van der Waals surface area contributed by atoms with Crippen molar-refractivity contribution < 1.29 is 4.42 Å². The van der Waals surface area contributed by atoms with Crippen molar-refractivity contribution in [2.45, 2.75) is 27.2 Å². The van der Waals surface area contributed by atoms with E-state index in [2.05, 4.69) is 42.0 Å². The number of piperazine rings is 1. The van der Waals surface area contributed by atoms with Gasteiger partial charge in [0, 0.05) is 32.6 Å². The molecule has 0 atom stereocenters. The Hall–Kier alpha value is -1.55. The molecule has 1 fully saturated rings. The van der Waals surface area contributed by atoms with Crippen molar-refractivity contribution in [2.75, 3.05) is 31.1 Å². The number of rotatable bonds is 2. The standard InChI is InChI=1S/C15H21N3O/c1-4-12-17-13-10(2)9-11(3)14(15(13)19-12)18-7-5-16-6-8-18/h9,16H,4-8H2,1-3H3. The lowest BCUT2D eigenvalue weighted by Crippen LogP contribution is -2.43. The Labute approximate surface area is 113 Å². The predicted molar refractivity (Wildman–Crippen MR) is 77.9 cm³/mol. The lowest BCUT2D eigenvalue weighted by atomic mass is 10.1. The first-order valence-corrected chi connectivity index (χ1v) is 7.06. The maximum atomic E-state index is 5.99. The number of nitrogens with zero attached hydrogens (tertiary/aromatic N) is 2. The van der Waals surface area contributed by atoms with Crippen LogP contribution in [0.25, 0.3) is 11.1 Å². The van der Waals surface area contributed by atoms with Crippen molar-refractivity contribution in [2.24, 2.45) is 0 Å². The summed E-state index contributed by atoms with van der Waals surface area (Å²) in [7, 11) is 0. The van der Waals surface area contributed by atoms with Crippen molar-refractivity contribution in [3.8, 4) is 0 Å². The van der Waals surface area contributed by atoms with E-state index in [0.717, 1.165) is 49.6 Å². The van der Waals surface area contributed by atoms with Crippen molar-refractivity contribution >= 4 is 16.8 Å². The SMILES string of the molecule is CCc1nc2c(C)cc(C)c(N3CCNCC3)c2o1. The zero-order valence-electron chi connectivity index (χ0n) is 11.9. The first-order chi connectivity index (χ1) is 9.20. The zero-order valence-corrected chi connectivity index (χ0v) is 11.9. The van der Waals surface area contributed by atoms with Crippen LogP contribution in [0.4, 0.5) is 5.69 Å². The molecule has 1 aromatic heterocycles. The third kappa shape index (κ3) is 2.10. The second kappa shape index (κ2) is 4.85. The fourth-order valence-corrected chi connectivity index (χ4v) is 2.87. The Morgan fingerprint density at radius 3 is 2.68 bits per heavy atom. The molecule has 2 aromatic rings. The molecule has 1 saturated heterocycles. The highest BCUT2D eigenvalue weighted by Gasteiger charge is 2.20. The highest BCUT2D eigenvalue weighted by molar-refractivity contribution is 5.91. The monoisotopic (exact) mass is 259 g/mol. The Morgan fingerprint density at radius 1 is 1.26 bits per heavy atom.